The number of fused-ring (bicyclic) bond motifs is 2. The zero-order valence-electron chi connectivity index (χ0n) is 21.0. The van der Waals surface area contributed by atoms with Gasteiger partial charge in [0.15, 0.2) is 5.82 Å². The molecule has 0 aliphatic carbocycles. The predicted octanol–water partition coefficient (Wildman–Crippen LogP) is 4.91. The summed E-state index contributed by atoms with van der Waals surface area (Å²) >= 11 is 6.55. The molecule has 4 aromatic rings. The van der Waals surface area contributed by atoms with Crippen LogP contribution in [0.25, 0.3) is 32.9 Å². The minimum atomic E-state index is -0.505. The van der Waals surface area contributed by atoms with Gasteiger partial charge in [-0.2, -0.15) is 9.97 Å². The fourth-order valence-electron chi connectivity index (χ4n) is 5.54. The Labute approximate surface area is 220 Å². The molecule has 0 radical (unpaired) electrons. The van der Waals surface area contributed by atoms with Crippen LogP contribution < -0.4 is 15.0 Å². The molecule has 2 aromatic heterocycles. The molecule has 0 saturated carbocycles. The first kappa shape index (κ1) is 24.3. The van der Waals surface area contributed by atoms with Crippen molar-refractivity contribution in [2.24, 2.45) is 0 Å². The van der Waals surface area contributed by atoms with Gasteiger partial charge in [-0.3, -0.25) is 4.98 Å². The van der Waals surface area contributed by atoms with Gasteiger partial charge >= 0.3 is 6.01 Å². The Balaban J connectivity index is 1.48. The third kappa shape index (κ3) is 4.47. The van der Waals surface area contributed by atoms with Crippen molar-refractivity contribution in [3.8, 4) is 17.3 Å². The summed E-state index contributed by atoms with van der Waals surface area (Å²) < 4.78 is 22.4. The van der Waals surface area contributed by atoms with Crippen LogP contribution in [0, 0.1) is 5.82 Å². The van der Waals surface area contributed by atoms with Gasteiger partial charge in [-0.25, -0.2) is 4.39 Å². The van der Waals surface area contributed by atoms with Crippen LogP contribution in [-0.2, 0) is 0 Å². The van der Waals surface area contributed by atoms with Gasteiger partial charge in [-0.15, -0.1) is 0 Å². The Kier molecular flexibility index (Phi) is 6.56. The number of benzene rings is 2. The van der Waals surface area contributed by atoms with E-state index in [2.05, 4.69) is 32.1 Å². The van der Waals surface area contributed by atoms with E-state index < -0.39 is 5.82 Å². The van der Waals surface area contributed by atoms with E-state index in [4.69, 9.17) is 21.3 Å². The van der Waals surface area contributed by atoms with E-state index in [1.807, 2.05) is 43.4 Å². The smallest absolute Gasteiger partial charge is 0.319 e. The van der Waals surface area contributed by atoms with Gasteiger partial charge in [0, 0.05) is 47.8 Å². The van der Waals surface area contributed by atoms with Gasteiger partial charge < -0.3 is 19.9 Å². The van der Waals surface area contributed by atoms with Crippen molar-refractivity contribution in [2.75, 3.05) is 45.2 Å². The molecule has 0 bridgehead atoms. The second-order valence-electron chi connectivity index (χ2n) is 10.0. The van der Waals surface area contributed by atoms with Crippen LogP contribution in [-0.4, -0.2) is 72.3 Å². The Morgan fingerprint density at radius 1 is 1.19 bits per heavy atom. The van der Waals surface area contributed by atoms with E-state index in [1.165, 1.54) is 0 Å². The van der Waals surface area contributed by atoms with Crippen molar-refractivity contribution in [1.82, 2.24) is 25.2 Å². The SMILES string of the molecule is CN1CCCC1COc1nc(N(C)C2CCNC2)c2cnc(-c3cccc4cccc(Cl)c34)c(F)c2n1. The lowest BCUT2D eigenvalue weighted by molar-refractivity contribution is 0.188. The number of nitrogens with one attached hydrogen (secondary N) is 1. The number of hydrogen-bond donors (Lipinski definition) is 1. The van der Waals surface area contributed by atoms with E-state index in [-0.39, 0.29) is 23.3 Å². The first-order valence-corrected chi connectivity index (χ1v) is 13.2. The van der Waals surface area contributed by atoms with Crippen LogP contribution >= 0.6 is 11.6 Å². The molecule has 2 aromatic carbocycles. The van der Waals surface area contributed by atoms with Crippen LogP contribution in [0.15, 0.2) is 42.6 Å². The second-order valence-corrected chi connectivity index (χ2v) is 10.4. The van der Waals surface area contributed by atoms with Gasteiger partial charge in [-0.1, -0.05) is 41.9 Å². The zero-order chi connectivity index (χ0) is 25.5. The average molecular weight is 521 g/mol. The van der Waals surface area contributed by atoms with Crippen molar-refractivity contribution < 1.29 is 9.13 Å². The third-order valence-corrected chi connectivity index (χ3v) is 8.06. The molecule has 2 unspecified atom stereocenters. The van der Waals surface area contributed by atoms with Crippen molar-refractivity contribution in [3.63, 3.8) is 0 Å². The Bertz CT molecular complexity index is 1450. The molecule has 192 valence electrons. The average Bonchev–Trinajstić information content (AvgIpc) is 3.59. The summed E-state index contributed by atoms with van der Waals surface area (Å²) in [5, 5.41) is 6.20. The van der Waals surface area contributed by atoms with E-state index >= 15 is 4.39 Å². The maximum atomic E-state index is 16.3. The Hall–Kier alpha value is -3.07. The normalized spacial score (nSPS) is 20.2. The molecule has 2 saturated heterocycles. The summed E-state index contributed by atoms with van der Waals surface area (Å²) in [5.74, 6) is 0.122. The van der Waals surface area contributed by atoms with E-state index in [1.54, 1.807) is 6.20 Å². The van der Waals surface area contributed by atoms with Gasteiger partial charge in [0.25, 0.3) is 0 Å². The van der Waals surface area contributed by atoms with E-state index in [0.29, 0.717) is 34.4 Å². The molecule has 2 aliphatic heterocycles. The number of halogens is 2. The number of likely N-dealkylation sites (tertiary alicyclic amines) is 1. The monoisotopic (exact) mass is 520 g/mol. The first-order valence-electron chi connectivity index (χ1n) is 12.8. The molecule has 4 heterocycles. The van der Waals surface area contributed by atoms with Crippen LogP contribution in [0.4, 0.5) is 10.2 Å². The fraction of sp³-hybridized carbons (Fsp3) is 0.393. The van der Waals surface area contributed by atoms with Gasteiger partial charge in [0.05, 0.1) is 5.39 Å². The number of likely N-dealkylation sites (N-methyl/N-ethyl adjacent to an activating group) is 2. The Morgan fingerprint density at radius 3 is 2.78 bits per heavy atom. The third-order valence-electron chi connectivity index (χ3n) is 7.74. The van der Waals surface area contributed by atoms with Crippen LogP contribution in [0.1, 0.15) is 19.3 Å². The highest BCUT2D eigenvalue weighted by molar-refractivity contribution is 6.36. The fourth-order valence-corrected chi connectivity index (χ4v) is 5.82. The number of nitrogens with zero attached hydrogens (tertiary/aromatic N) is 5. The quantitative estimate of drug-likeness (QED) is 0.387. The molecule has 2 atom stereocenters. The van der Waals surface area contributed by atoms with Gasteiger partial charge in [0.1, 0.15) is 23.6 Å². The molecule has 6 rings (SSSR count). The number of anilines is 1. The number of pyridine rings is 1. The predicted molar refractivity (Wildman–Crippen MR) is 146 cm³/mol. The number of rotatable bonds is 6. The molecule has 7 nitrogen and oxygen atoms in total. The molecule has 0 spiro atoms. The topological polar surface area (TPSA) is 66.4 Å². The number of aromatic nitrogens is 3. The van der Waals surface area contributed by atoms with Crippen molar-refractivity contribution in [3.05, 3.63) is 53.4 Å². The highest BCUT2D eigenvalue weighted by Crippen LogP contribution is 2.37. The summed E-state index contributed by atoms with van der Waals surface area (Å²) in [5.41, 5.74) is 1.04. The summed E-state index contributed by atoms with van der Waals surface area (Å²) in [6.07, 6.45) is 4.86. The standard InChI is InChI=1S/C28H30ClFN6O/c1-35-13-5-8-19(35)16-37-28-33-26-21(27(34-28)36(2)18-11-12-31-14-18)15-32-25(24(26)30)20-9-3-6-17-7-4-10-22(29)23(17)20/h3-4,6-7,9-10,15,18-19,31H,5,8,11-14,16H2,1-2H3. The van der Waals surface area contributed by atoms with Crippen molar-refractivity contribution in [1.29, 1.82) is 0 Å². The molecular formula is C28H30ClFN6O. The molecular weight excluding hydrogens is 491 g/mol. The van der Waals surface area contributed by atoms with Gasteiger partial charge in [-0.05, 0) is 50.9 Å². The lowest BCUT2D eigenvalue weighted by Crippen LogP contribution is -2.34. The lowest BCUT2D eigenvalue weighted by atomic mass is 10.0. The second kappa shape index (κ2) is 10.0. The summed E-state index contributed by atoms with van der Waals surface area (Å²) in [7, 11) is 4.09. The maximum Gasteiger partial charge on any atom is 0.319 e. The molecule has 2 fully saturated rings. The molecule has 1 N–H and O–H groups in total. The van der Waals surface area contributed by atoms with Gasteiger partial charge in [0.2, 0.25) is 0 Å². The number of ether oxygens (including phenoxy) is 1. The molecule has 37 heavy (non-hydrogen) atoms. The number of hydrogen-bond acceptors (Lipinski definition) is 7. The van der Waals surface area contributed by atoms with E-state index in [0.717, 1.165) is 49.7 Å². The molecule has 9 heteroatoms. The van der Waals surface area contributed by atoms with Crippen LogP contribution in [0.5, 0.6) is 6.01 Å². The van der Waals surface area contributed by atoms with Crippen LogP contribution in [0.3, 0.4) is 0 Å². The minimum absolute atomic E-state index is 0.188. The molecule has 0 amide bonds. The lowest BCUT2D eigenvalue weighted by Gasteiger charge is -2.26. The highest BCUT2D eigenvalue weighted by Gasteiger charge is 2.27. The van der Waals surface area contributed by atoms with E-state index in [9.17, 15) is 0 Å². The minimum Gasteiger partial charge on any atom is -0.462 e. The van der Waals surface area contributed by atoms with Crippen LogP contribution in [0.2, 0.25) is 5.02 Å². The molecule has 2 aliphatic rings. The maximum absolute atomic E-state index is 16.3. The van der Waals surface area contributed by atoms with Crippen molar-refractivity contribution >= 4 is 39.1 Å². The zero-order valence-corrected chi connectivity index (χ0v) is 21.8. The first-order chi connectivity index (χ1) is 18.0. The van der Waals surface area contributed by atoms with Crippen molar-refractivity contribution in [2.45, 2.75) is 31.3 Å². The largest absolute Gasteiger partial charge is 0.462 e. The summed E-state index contributed by atoms with van der Waals surface area (Å²) in [4.78, 5) is 18.3. The summed E-state index contributed by atoms with van der Waals surface area (Å²) in [6.45, 7) is 3.29. The Morgan fingerprint density at radius 2 is 2.03 bits per heavy atom. The highest BCUT2D eigenvalue weighted by atomic mass is 35.5. The summed E-state index contributed by atoms with van der Waals surface area (Å²) in [6, 6.07) is 12.1.